The average molecular weight is 191 g/mol. The van der Waals surface area contributed by atoms with Crippen LogP contribution in [-0.4, -0.2) is 14.8 Å². The van der Waals surface area contributed by atoms with E-state index in [4.69, 9.17) is 12.2 Å². The molecule has 0 spiro atoms. The molecule has 2 rings (SSSR count). The van der Waals surface area contributed by atoms with Crippen LogP contribution in [0.3, 0.4) is 0 Å². The van der Waals surface area contributed by atoms with Crippen LogP contribution in [-0.2, 0) is 0 Å². The summed E-state index contributed by atoms with van der Waals surface area (Å²) in [6.07, 6.45) is 1.68. The van der Waals surface area contributed by atoms with Crippen molar-refractivity contribution in [1.82, 2.24) is 14.8 Å². The van der Waals surface area contributed by atoms with E-state index >= 15 is 0 Å². The first kappa shape index (κ1) is 8.19. The number of hydrogen-bond donors (Lipinski definition) is 1. The zero-order valence-electron chi connectivity index (χ0n) is 7.19. The molecule has 4 heteroatoms. The van der Waals surface area contributed by atoms with E-state index in [1.54, 1.807) is 11.0 Å². The van der Waals surface area contributed by atoms with Gasteiger partial charge in [-0.25, -0.2) is 9.67 Å². The van der Waals surface area contributed by atoms with Crippen molar-refractivity contribution in [3.05, 3.63) is 40.9 Å². The topological polar surface area (TPSA) is 33.6 Å². The second-order valence-corrected chi connectivity index (χ2v) is 3.26. The fraction of sp³-hybridized carbons (Fsp3) is 0.111. The van der Waals surface area contributed by atoms with Gasteiger partial charge in [0, 0.05) is 0 Å². The van der Waals surface area contributed by atoms with Crippen molar-refractivity contribution in [3.63, 3.8) is 0 Å². The highest BCUT2D eigenvalue weighted by Crippen LogP contribution is 2.07. The molecule has 66 valence electrons. The van der Waals surface area contributed by atoms with Crippen LogP contribution in [0.2, 0.25) is 0 Å². The fourth-order valence-corrected chi connectivity index (χ4v) is 1.33. The Morgan fingerprint density at radius 3 is 2.92 bits per heavy atom. The molecule has 0 aliphatic rings. The number of nitrogens with one attached hydrogen (secondary N) is 1. The normalized spacial score (nSPS) is 10.2. The second-order valence-electron chi connectivity index (χ2n) is 2.87. The number of aromatic amines is 1. The van der Waals surface area contributed by atoms with Gasteiger partial charge in [-0.15, -0.1) is 0 Å². The predicted molar refractivity (Wildman–Crippen MR) is 53.5 cm³/mol. The van der Waals surface area contributed by atoms with Crippen molar-refractivity contribution in [2.75, 3.05) is 0 Å². The number of H-pyrrole nitrogens is 1. The number of aryl methyl sites for hydroxylation is 1. The van der Waals surface area contributed by atoms with Crippen molar-refractivity contribution in [3.8, 4) is 5.69 Å². The lowest BCUT2D eigenvalue weighted by Gasteiger charge is -2.01. The van der Waals surface area contributed by atoms with Crippen molar-refractivity contribution in [2.24, 2.45) is 0 Å². The van der Waals surface area contributed by atoms with Gasteiger partial charge in [-0.3, -0.25) is 5.10 Å². The molecule has 2 aromatic rings. The van der Waals surface area contributed by atoms with Gasteiger partial charge in [0.15, 0.2) is 0 Å². The van der Waals surface area contributed by atoms with E-state index in [2.05, 4.69) is 29.1 Å². The van der Waals surface area contributed by atoms with E-state index < -0.39 is 0 Å². The van der Waals surface area contributed by atoms with Crippen LogP contribution in [0.15, 0.2) is 30.6 Å². The third-order valence-electron chi connectivity index (χ3n) is 1.79. The first-order valence-corrected chi connectivity index (χ1v) is 4.37. The van der Waals surface area contributed by atoms with Gasteiger partial charge in [-0.05, 0) is 36.8 Å². The highest BCUT2D eigenvalue weighted by Gasteiger charge is 1.95. The Morgan fingerprint density at radius 1 is 1.46 bits per heavy atom. The minimum atomic E-state index is 0.501. The smallest absolute Gasteiger partial charge is 0.213 e. The highest BCUT2D eigenvalue weighted by atomic mass is 32.1. The number of rotatable bonds is 1. The van der Waals surface area contributed by atoms with E-state index in [-0.39, 0.29) is 0 Å². The quantitative estimate of drug-likeness (QED) is 0.701. The van der Waals surface area contributed by atoms with Crippen molar-refractivity contribution in [2.45, 2.75) is 6.92 Å². The Balaban J connectivity index is 2.52. The van der Waals surface area contributed by atoms with E-state index in [1.165, 1.54) is 5.56 Å². The van der Waals surface area contributed by atoms with Crippen LogP contribution in [0.4, 0.5) is 0 Å². The van der Waals surface area contributed by atoms with Gasteiger partial charge in [0.25, 0.3) is 0 Å². The molecule has 0 saturated heterocycles. The standard InChI is InChI=1S/C9H9N3S/c1-7-3-2-4-8(5-7)12-6-10-9(13)11-12/h2-6H,1H3,(H,11,13). The predicted octanol–water partition coefficient (Wildman–Crippen LogP) is 2.24. The Labute approximate surface area is 81.0 Å². The van der Waals surface area contributed by atoms with Crippen molar-refractivity contribution < 1.29 is 0 Å². The molecule has 1 N–H and O–H groups in total. The number of hydrogen-bond acceptors (Lipinski definition) is 2. The Kier molecular flexibility index (Phi) is 1.98. The highest BCUT2D eigenvalue weighted by molar-refractivity contribution is 7.71. The minimum absolute atomic E-state index is 0.501. The van der Waals surface area contributed by atoms with Crippen LogP contribution in [0.5, 0.6) is 0 Å². The second kappa shape index (κ2) is 3.14. The average Bonchev–Trinajstić information content (AvgIpc) is 2.52. The minimum Gasteiger partial charge on any atom is -0.267 e. The van der Waals surface area contributed by atoms with Gasteiger partial charge >= 0.3 is 0 Å². The molecule has 0 aliphatic heterocycles. The van der Waals surface area contributed by atoms with E-state index in [1.807, 2.05) is 12.1 Å². The van der Waals surface area contributed by atoms with E-state index in [9.17, 15) is 0 Å². The van der Waals surface area contributed by atoms with Gasteiger partial charge < -0.3 is 0 Å². The summed E-state index contributed by atoms with van der Waals surface area (Å²) in [5.74, 6) is 0. The zero-order chi connectivity index (χ0) is 9.26. The van der Waals surface area contributed by atoms with Gasteiger partial charge in [-0.1, -0.05) is 12.1 Å². The molecule has 13 heavy (non-hydrogen) atoms. The first-order valence-electron chi connectivity index (χ1n) is 3.96. The third kappa shape index (κ3) is 1.67. The van der Waals surface area contributed by atoms with Crippen LogP contribution in [0.25, 0.3) is 5.69 Å². The van der Waals surface area contributed by atoms with E-state index in [0.717, 1.165) is 5.69 Å². The summed E-state index contributed by atoms with van der Waals surface area (Å²) in [4.78, 5) is 3.94. The molecule has 0 amide bonds. The summed E-state index contributed by atoms with van der Waals surface area (Å²) in [6.45, 7) is 2.05. The summed E-state index contributed by atoms with van der Waals surface area (Å²) >= 11 is 4.88. The molecular weight excluding hydrogens is 182 g/mol. The molecule has 0 radical (unpaired) electrons. The van der Waals surface area contributed by atoms with Gasteiger partial charge in [0.05, 0.1) is 5.69 Å². The van der Waals surface area contributed by atoms with Crippen LogP contribution in [0, 0.1) is 11.7 Å². The molecule has 1 aromatic heterocycles. The summed E-state index contributed by atoms with van der Waals surface area (Å²) < 4.78 is 2.30. The van der Waals surface area contributed by atoms with Gasteiger partial charge in [-0.2, -0.15) is 0 Å². The molecule has 1 heterocycles. The monoisotopic (exact) mass is 191 g/mol. The van der Waals surface area contributed by atoms with E-state index in [0.29, 0.717) is 4.77 Å². The number of nitrogens with zero attached hydrogens (tertiary/aromatic N) is 2. The zero-order valence-corrected chi connectivity index (χ0v) is 8.01. The maximum atomic E-state index is 4.88. The lowest BCUT2D eigenvalue weighted by molar-refractivity contribution is 0.872. The third-order valence-corrected chi connectivity index (χ3v) is 1.98. The van der Waals surface area contributed by atoms with Crippen molar-refractivity contribution >= 4 is 12.2 Å². The van der Waals surface area contributed by atoms with Crippen molar-refractivity contribution in [1.29, 1.82) is 0 Å². The molecule has 0 saturated carbocycles. The molecule has 0 fully saturated rings. The SMILES string of the molecule is Cc1cccc(-n2cnc(=S)[nH]2)c1. The Hall–Kier alpha value is -1.42. The number of aromatic nitrogens is 3. The maximum Gasteiger partial charge on any atom is 0.213 e. The largest absolute Gasteiger partial charge is 0.267 e. The molecule has 0 aliphatic carbocycles. The Bertz CT molecular complexity index is 469. The fourth-order valence-electron chi connectivity index (χ4n) is 1.18. The molecule has 0 bridgehead atoms. The first-order chi connectivity index (χ1) is 6.25. The van der Waals surface area contributed by atoms with Gasteiger partial charge in [0.1, 0.15) is 6.33 Å². The summed E-state index contributed by atoms with van der Waals surface area (Å²) in [7, 11) is 0. The summed E-state index contributed by atoms with van der Waals surface area (Å²) in [6, 6.07) is 8.11. The lowest BCUT2D eigenvalue weighted by Crippen LogP contribution is -1.94. The van der Waals surface area contributed by atoms with Crippen LogP contribution < -0.4 is 0 Å². The maximum absolute atomic E-state index is 4.88. The number of benzene rings is 1. The molecule has 0 atom stereocenters. The molecular formula is C9H9N3S. The van der Waals surface area contributed by atoms with Crippen LogP contribution in [0.1, 0.15) is 5.56 Å². The summed E-state index contributed by atoms with van der Waals surface area (Å²) in [5.41, 5.74) is 2.26. The summed E-state index contributed by atoms with van der Waals surface area (Å²) in [5, 5.41) is 2.94. The lowest BCUT2D eigenvalue weighted by atomic mass is 10.2. The molecule has 0 unspecified atom stereocenters. The molecule has 3 nitrogen and oxygen atoms in total. The van der Waals surface area contributed by atoms with Gasteiger partial charge in [0.2, 0.25) is 4.77 Å². The molecule has 1 aromatic carbocycles. The van der Waals surface area contributed by atoms with Crippen LogP contribution >= 0.6 is 12.2 Å². The Morgan fingerprint density at radius 2 is 2.31 bits per heavy atom.